The van der Waals surface area contributed by atoms with Crippen molar-refractivity contribution in [1.82, 2.24) is 5.32 Å². The van der Waals surface area contributed by atoms with Crippen LogP contribution in [0.15, 0.2) is 30.3 Å². The van der Waals surface area contributed by atoms with Gasteiger partial charge in [-0.1, -0.05) is 31.0 Å². The molecule has 3 heteroatoms. The number of rotatable bonds is 4. The molecule has 1 amide bonds. The number of carbonyl (C=O) groups excluding carboxylic acids is 1. The topological polar surface area (TPSA) is 29.1 Å². The van der Waals surface area contributed by atoms with Gasteiger partial charge in [0.05, 0.1) is 0 Å². The van der Waals surface area contributed by atoms with Crippen molar-refractivity contribution in [3.8, 4) is 0 Å². The number of carbonyl (C=O) groups is 1. The maximum absolute atomic E-state index is 11.9. The highest BCUT2D eigenvalue weighted by Crippen LogP contribution is 2.39. The lowest BCUT2D eigenvalue weighted by atomic mass is 10.1. The monoisotopic (exact) mass is 249 g/mol. The molecule has 0 unspecified atom stereocenters. The summed E-state index contributed by atoms with van der Waals surface area (Å²) in [5.74, 6) is 0.0472. The molecule has 17 heavy (non-hydrogen) atoms. The lowest BCUT2D eigenvalue weighted by Gasteiger charge is -2.26. The maximum Gasteiger partial charge on any atom is 0.251 e. The van der Waals surface area contributed by atoms with E-state index in [9.17, 15) is 4.79 Å². The number of hydrogen-bond donors (Lipinski definition) is 1. The van der Waals surface area contributed by atoms with Crippen molar-refractivity contribution in [1.29, 1.82) is 0 Å². The minimum absolute atomic E-state index is 0.0472. The van der Waals surface area contributed by atoms with Crippen LogP contribution in [0.2, 0.25) is 0 Å². The zero-order valence-corrected chi connectivity index (χ0v) is 11.1. The predicted octanol–water partition coefficient (Wildman–Crippen LogP) is 3.09. The highest BCUT2D eigenvalue weighted by atomic mass is 32.2. The molecule has 0 aliphatic heterocycles. The molecular formula is C14H19NOS. The third kappa shape index (κ3) is 3.03. The quantitative estimate of drug-likeness (QED) is 0.888. The largest absolute Gasteiger partial charge is 0.351 e. The Morgan fingerprint density at radius 1 is 1.29 bits per heavy atom. The molecule has 2 rings (SSSR count). The smallest absolute Gasteiger partial charge is 0.251 e. The summed E-state index contributed by atoms with van der Waals surface area (Å²) in [6.45, 7) is 0.794. The van der Waals surface area contributed by atoms with Gasteiger partial charge in [0.15, 0.2) is 0 Å². The molecule has 1 fully saturated rings. The summed E-state index contributed by atoms with van der Waals surface area (Å²) in [4.78, 5) is 11.9. The van der Waals surface area contributed by atoms with Gasteiger partial charge in [-0.3, -0.25) is 4.79 Å². The molecule has 1 aliphatic rings. The molecule has 0 radical (unpaired) electrons. The van der Waals surface area contributed by atoms with Crippen LogP contribution in [-0.2, 0) is 0 Å². The minimum Gasteiger partial charge on any atom is -0.351 e. The van der Waals surface area contributed by atoms with Gasteiger partial charge in [0, 0.05) is 16.9 Å². The number of nitrogens with one attached hydrogen (secondary N) is 1. The van der Waals surface area contributed by atoms with Crippen LogP contribution in [0.25, 0.3) is 0 Å². The van der Waals surface area contributed by atoms with Crippen molar-refractivity contribution in [2.75, 3.05) is 12.8 Å². The maximum atomic E-state index is 11.9. The van der Waals surface area contributed by atoms with Crippen molar-refractivity contribution < 1.29 is 4.79 Å². The molecule has 1 aromatic carbocycles. The van der Waals surface area contributed by atoms with E-state index in [0.717, 1.165) is 12.1 Å². The predicted molar refractivity (Wildman–Crippen MR) is 73.5 cm³/mol. The second kappa shape index (κ2) is 5.58. The average molecular weight is 249 g/mol. The number of hydrogen-bond acceptors (Lipinski definition) is 2. The standard InChI is InChI=1S/C14H19NOS/c1-17-14(9-5-6-10-14)11-15-13(16)12-7-3-2-4-8-12/h2-4,7-8H,5-6,9-11H2,1H3,(H,15,16). The molecule has 0 aromatic heterocycles. The zero-order chi connectivity index (χ0) is 12.1. The molecule has 0 saturated heterocycles. The van der Waals surface area contributed by atoms with E-state index in [4.69, 9.17) is 0 Å². The van der Waals surface area contributed by atoms with E-state index in [2.05, 4.69) is 11.6 Å². The van der Waals surface area contributed by atoms with Crippen LogP contribution in [0.1, 0.15) is 36.0 Å². The fourth-order valence-electron chi connectivity index (χ4n) is 2.41. The first-order chi connectivity index (χ1) is 8.26. The fraction of sp³-hybridized carbons (Fsp3) is 0.500. The first kappa shape index (κ1) is 12.5. The molecule has 1 aromatic rings. The molecule has 0 spiro atoms. The Labute approximate surface area is 107 Å². The summed E-state index contributed by atoms with van der Waals surface area (Å²) in [5, 5.41) is 3.07. The van der Waals surface area contributed by atoms with Crippen molar-refractivity contribution in [2.24, 2.45) is 0 Å². The van der Waals surface area contributed by atoms with Gasteiger partial charge in [-0.2, -0.15) is 11.8 Å². The van der Waals surface area contributed by atoms with Gasteiger partial charge in [0.1, 0.15) is 0 Å². The van der Waals surface area contributed by atoms with E-state index in [-0.39, 0.29) is 10.7 Å². The van der Waals surface area contributed by atoms with Crippen LogP contribution in [-0.4, -0.2) is 23.5 Å². The Balaban J connectivity index is 1.92. The normalized spacial score (nSPS) is 17.9. The minimum atomic E-state index is 0.0472. The third-order valence-corrected chi connectivity index (χ3v) is 4.97. The van der Waals surface area contributed by atoms with Gasteiger partial charge in [0.2, 0.25) is 0 Å². The number of amides is 1. The SMILES string of the molecule is CSC1(CNC(=O)c2ccccc2)CCCC1. The summed E-state index contributed by atoms with van der Waals surface area (Å²) < 4.78 is 0.282. The van der Waals surface area contributed by atoms with Crippen molar-refractivity contribution >= 4 is 17.7 Å². The summed E-state index contributed by atoms with van der Waals surface area (Å²) in [6.07, 6.45) is 7.19. The summed E-state index contributed by atoms with van der Waals surface area (Å²) >= 11 is 1.90. The molecule has 92 valence electrons. The fourth-order valence-corrected chi connectivity index (χ4v) is 3.32. The van der Waals surface area contributed by atoms with Gasteiger partial charge in [-0.05, 0) is 31.2 Å². The first-order valence-corrected chi connectivity index (χ1v) is 7.37. The van der Waals surface area contributed by atoms with E-state index in [1.54, 1.807) is 0 Å². The van der Waals surface area contributed by atoms with Crippen LogP contribution >= 0.6 is 11.8 Å². The highest BCUT2D eigenvalue weighted by molar-refractivity contribution is 8.00. The van der Waals surface area contributed by atoms with E-state index in [0.29, 0.717) is 0 Å². The summed E-state index contributed by atoms with van der Waals surface area (Å²) in [6, 6.07) is 9.44. The van der Waals surface area contributed by atoms with Crippen LogP contribution in [0.5, 0.6) is 0 Å². The zero-order valence-electron chi connectivity index (χ0n) is 10.2. The van der Waals surface area contributed by atoms with Gasteiger partial charge < -0.3 is 5.32 Å². The Hall–Kier alpha value is -0.960. The average Bonchev–Trinajstić information content (AvgIpc) is 2.86. The second-order valence-corrected chi connectivity index (χ2v) is 5.92. The van der Waals surface area contributed by atoms with Gasteiger partial charge in [0.25, 0.3) is 5.91 Å². The van der Waals surface area contributed by atoms with Gasteiger partial charge in [-0.25, -0.2) is 0 Å². The number of benzene rings is 1. The molecule has 0 bridgehead atoms. The van der Waals surface area contributed by atoms with Gasteiger partial charge >= 0.3 is 0 Å². The number of thioether (sulfide) groups is 1. The van der Waals surface area contributed by atoms with Crippen molar-refractivity contribution in [3.63, 3.8) is 0 Å². The van der Waals surface area contributed by atoms with Crippen LogP contribution < -0.4 is 5.32 Å². The first-order valence-electron chi connectivity index (χ1n) is 6.14. The molecule has 1 aliphatic carbocycles. The second-order valence-electron chi connectivity index (χ2n) is 4.64. The summed E-state index contributed by atoms with van der Waals surface area (Å²) in [5.41, 5.74) is 0.752. The van der Waals surface area contributed by atoms with Crippen LogP contribution in [0.4, 0.5) is 0 Å². The summed E-state index contributed by atoms with van der Waals surface area (Å²) in [7, 11) is 0. The molecule has 1 saturated carbocycles. The lowest BCUT2D eigenvalue weighted by molar-refractivity contribution is 0.0949. The Bertz CT molecular complexity index is 371. The Morgan fingerprint density at radius 2 is 1.94 bits per heavy atom. The molecule has 1 N–H and O–H groups in total. The molecule has 0 atom stereocenters. The van der Waals surface area contributed by atoms with Crippen molar-refractivity contribution in [2.45, 2.75) is 30.4 Å². The third-order valence-electron chi connectivity index (χ3n) is 3.55. The van der Waals surface area contributed by atoms with Crippen LogP contribution in [0.3, 0.4) is 0 Å². The Kier molecular flexibility index (Phi) is 4.11. The highest BCUT2D eigenvalue weighted by Gasteiger charge is 2.33. The van der Waals surface area contributed by atoms with E-state index in [1.165, 1.54) is 25.7 Å². The van der Waals surface area contributed by atoms with Crippen molar-refractivity contribution in [3.05, 3.63) is 35.9 Å². The Morgan fingerprint density at radius 3 is 2.53 bits per heavy atom. The molecular weight excluding hydrogens is 230 g/mol. The van der Waals surface area contributed by atoms with Crippen LogP contribution in [0, 0.1) is 0 Å². The lowest BCUT2D eigenvalue weighted by Crippen LogP contribution is -2.38. The van der Waals surface area contributed by atoms with E-state index < -0.39 is 0 Å². The van der Waals surface area contributed by atoms with Gasteiger partial charge in [-0.15, -0.1) is 0 Å². The van der Waals surface area contributed by atoms with E-state index >= 15 is 0 Å². The molecule has 0 heterocycles. The molecule has 2 nitrogen and oxygen atoms in total. The van der Waals surface area contributed by atoms with E-state index in [1.807, 2.05) is 42.1 Å².